The molecule has 0 aromatic rings. The molecule has 0 saturated heterocycles. The van der Waals surface area contributed by atoms with Crippen LogP contribution < -0.4 is 18.9 Å². The van der Waals surface area contributed by atoms with Gasteiger partial charge in [0.25, 0.3) is 0 Å². The van der Waals surface area contributed by atoms with Gasteiger partial charge in [0.1, 0.15) is 0 Å². The van der Waals surface area contributed by atoms with Crippen LogP contribution in [0.4, 0.5) is 26.3 Å². The van der Waals surface area contributed by atoms with Crippen molar-refractivity contribution in [3.05, 3.63) is 16.5 Å². The molecule has 0 aromatic heterocycles. The maximum Gasteiger partial charge on any atom is 1.00 e. The quantitative estimate of drug-likeness (QED) is 0.435. The molecule has 0 bridgehead atoms. The zero-order valence-corrected chi connectivity index (χ0v) is 14.3. The molecule has 138 valence electrons. The van der Waals surface area contributed by atoms with E-state index in [1.54, 1.807) is 0 Å². The van der Waals surface area contributed by atoms with Crippen molar-refractivity contribution in [2.45, 2.75) is 17.9 Å². The summed E-state index contributed by atoms with van der Waals surface area (Å²) in [6.07, 6.45) is 4.20. The molecule has 7 nitrogen and oxygen atoms in total. The maximum atomic E-state index is 11.4. The smallest absolute Gasteiger partial charge is 0.421 e. The SMILES string of the molecule is CCN1C=CN(C)C1.O=S(=O)([N-]S(=O)(=O)C(F)(F)F)C(F)(F)F.[Li+]. The number of nitrogens with zero attached hydrogens (tertiary/aromatic N) is 3. The average molecular weight is 399 g/mol. The van der Waals surface area contributed by atoms with Gasteiger partial charge >= 0.3 is 29.9 Å². The van der Waals surface area contributed by atoms with Gasteiger partial charge in [-0.3, -0.25) is 0 Å². The summed E-state index contributed by atoms with van der Waals surface area (Å²) >= 11 is 0. The van der Waals surface area contributed by atoms with E-state index < -0.39 is 31.1 Å². The van der Waals surface area contributed by atoms with Crippen molar-refractivity contribution in [2.24, 2.45) is 0 Å². The molecule has 0 saturated carbocycles. The van der Waals surface area contributed by atoms with Gasteiger partial charge in [0.15, 0.2) is 20.0 Å². The number of hydrogen-bond donors (Lipinski definition) is 0. The Kier molecular flexibility index (Phi) is 9.24. The van der Waals surface area contributed by atoms with Gasteiger partial charge in [0.05, 0.1) is 6.67 Å². The second kappa shape index (κ2) is 8.65. The summed E-state index contributed by atoms with van der Waals surface area (Å²) in [5.74, 6) is 0. The fourth-order valence-corrected chi connectivity index (χ4v) is 2.72. The van der Waals surface area contributed by atoms with Crippen LogP contribution in [-0.4, -0.2) is 57.9 Å². The predicted molar refractivity (Wildman–Crippen MR) is 67.5 cm³/mol. The molecule has 0 fully saturated rings. The normalized spacial score (nSPS) is 15.7. The first-order valence-electron chi connectivity index (χ1n) is 5.53. The molecule has 1 aliphatic rings. The summed E-state index contributed by atoms with van der Waals surface area (Å²) in [6, 6.07) is 0. The molecule has 0 aromatic carbocycles. The Balaban J connectivity index is 0. The monoisotopic (exact) mass is 399 g/mol. The van der Waals surface area contributed by atoms with Crippen LogP contribution in [0.25, 0.3) is 4.13 Å². The standard InChI is InChI=1S/C6H12N2.C2F6NO4S2.Li/c1-3-8-5-4-7(2)6-8;3-1(4,5)14(10,11)9-15(12,13)2(6,7)8;/h4-5H,3,6H2,1-2H3;;/q;-1;+1. The van der Waals surface area contributed by atoms with Gasteiger partial charge in [-0.25, -0.2) is 16.8 Å². The first kappa shape index (κ1) is 25.6. The van der Waals surface area contributed by atoms with E-state index in [1.165, 1.54) is 0 Å². The molecule has 1 rings (SSSR count). The van der Waals surface area contributed by atoms with Crippen LogP contribution >= 0.6 is 0 Å². The van der Waals surface area contributed by atoms with Crippen LogP contribution in [0.5, 0.6) is 0 Å². The Morgan fingerprint density at radius 1 is 0.958 bits per heavy atom. The number of rotatable bonds is 3. The average Bonchev–Trinajstić information content (AvgIpc) is 2.71. The van der Waals surface area contributed by atoms with E-state index in [4.69, 9.17) is 0 Å². The van der Waals surface area contributed by atoms with Crippen LogP contribution in [-0.2, 0) is 20.0 Å². The molecule has 0 radical (unpaired) electrons. The van der Waals surface area contributed by atoms with Gasteiger partial charge < -0.3 is 13.9 Å². The molecule has 0 aliphatic carbocycles. The largest absolute Gasteiger partial charge is 1.00 e. The van der Waals surface area contributed by atoms with E-state index in [1.807, 2.05) is 0 Å². The van der Waals surface area contributed by atoms with Crippen molar-refractivity contribution in [3.63, 3.8) is 0 Å². The number of hydrogen-bond acceptors (Lipinski definition) is 6. The van der Waals surface area contributed by atoms with Gasteiger partial charge in [0.2, 0.25) is 0 Å². The minimum Gasteiger partial charge on any atom is -0.421 e. The van der Waals surface area contributed by atoms with E-state index in [0.29, 0.717) is 0 Å². The van der Waals surface area contributed by atoms with Crippen molar-refractivity contribution >= 4 is 20.0 Å². The molecule has 1 aliphatic heterocycles. The van der Waals surface area contributed by atoms with Gasteiger partial charge in [-0.15, -0.1) is 0 Å². The van der Waals surface area contributed by atoms with E-state index in [-0.39, 0.29) is 18.9 Å². The molecule has 0 unspecified atom stereocenters. The maximum absolute atomic E-state index is 11.4. The summed E-state index contributed by atoms with van der Waals surface area (Å²) in [4.78, 5) is 4.41. The molecular formula is C8H12F6LiN3O4S2. The summed E-state index contributed by atoms with van der Waals surface area (Å²) in [7, 11) is -11.4. The molecule has 1 heterocycles. The van der Waals surface area contributed by atoms with Crippen molar-refractivity contribution in [2.75, 3.05) is 20.3 Å². The first-order valence-corrected chi connectivity index (χ1v) is 8.41. The van der Waals surface area contributed by atoms with Crippen LogP contribution in [0.3, 0.4) is 0 Å². The van der Waals surface area contributed by atoms with Crippen molar-refractivity contribution < 1.29 is 62.0 Å². The third-order valence-electron chi connectivity index (χ3n) is 2.12. The van der Waals surface area contributed by atoms with E-state index >= 15 is 0 Å². The topological polar surface area (TPSA) is 88.9 Å². The third kappa shape index (κ3) is 7.51. The summed E-state index contributed by atoms with van der Waals surface area (Å²) < 4.78 is 109. The van der Waals surface area contributed by atoms with E-state index in [2.05, 4.69) is 36.2 Å². The minimum atomic E-state index is -6.72. The van der Waals surface area contributed by atoms with Gasteiger partial charge in [0, 0.05) is 26.0 Å². The molecule has 0 amide bonds. The number of alkyl halides is 6. The van der Waals surface area contributed by atoms with E-state index in [0.717, 1.165) is 17.3 Å². The zero-order chi connectivity index (χ0) is 18.7. The molecule has 0 spiro atoms. The van der Waals surface area contributed by atoms with Crippen LogP contribution in [0.2, 0.25) is 0 Å². The second-order valence-electron chi connectivity index (χ2n) is 4.02. The molecule has 24 heavy (non-hydrogen) atoms. The fraction of sp³-hybridized carbons (Fsp3) is 0.750. The predicted octanol–water partition coefficient (Wildman–Crippen LogP) is -1.25. The number of sulfonamides is 2. The van der Waals surface area contributed by atoms with E-state index in [9.17, 15) is 43.2 Å². The molecule has 0 atom stereocenters. The number of halogens is 6. The zero-order valence-electron chi connectivity index (χ0n) is 12.6. The summed E-state index contributed by atoms with van der Waals surface area (Å²) in [5, 5.41) is 0. The fourth-order valence-electron chi connectivity index (χ4n) is 1.01. The molecule has 0 N–H and O–H groups in total. The molecule has 16 heteroatoms. The van der Waals surface area contributed by atoms with Crippen LogP contribution in [0.1, 0.15) is 6.92 Å². The molecular weight excluding hydrogens is 387 g/mol. The van der Waals surface area contributed by atoms with Gasteiger partial charge in [-0.2, -0.15) is 26.3 Å². The van der Waals surface area contributed by atoms with Crippen LogP contribution in [0.15, 0.2) is 12.4 Å². The summed E-state index contributed by atoms with van der Waals surface area (Å²) in [6.45, 7) is 4.32. The third-order valence-corrected chi connectivity index (χ3v) is 4.86. The van der Waals surface area contributed by atoms with Gasteiger partial charge in [-0.05, 0) is 6.92 Å². The van der Waals surface area contributed by atoms with Gasteiger partial charge in [-0.1, -0.05) is 0 Å². The first-order chi connectivity index (χ1) is 10.0. The Morgan fingerprint density at radius 2 is 1.33 bits per heavy atom. The Hall–Kier alpha value is -0.623. The van der Waals surface area contributed by atoms with Crippen molar-refractivity contribution in [1.29, 1.82) is 0 Å². The van der Waals surface area contributed by atoms with Crippen molar-refractivity contribution in [1.82, 2.24) is 9.80 Å². The van der Waals surface area contributed by atoms with Crippen molar-refractivity contribution in [3.8, 4) is 0 Å². The Morgan fingerprint density at radius 3 is 1.50 bits per heavy atom. The minimum absolute atomic E-state index is 0. The summed E-state index contributed by atoms with van der Waals surface area (Å²) in [5.41, 5.74) is -12.4. The van der Waals surface area contributed by atoms with Crippen LogP contribution in [0, 0.1) is 0 Å². The Labute approximate surface area is 146 Å². The second-order valence-corrected chi connectivity index (χ2v) is 7.44. The Bertz CT molecular complexity index is 589.